The van der Waals surface area contributed by atoms with Gasteiger partial charge >= 0.3 is 6.36 Å². The highest BCUT2D eigenvalue weighted by molar-refractivity contribution is 7.87. The molecule has 2 aliphatic rings. The summed E-state index contributed by atoms with van der Waals surface area (Å²) in [6.07, 6.45) is -6.40. The lowest BCUT2D eigenvalue weighted by atomic mass is 9.80. The maximum atomic E-state index is 15.3. The van der Waals surface area contributed by atoms with Crippen LogP contribution < -0.4 is 18.5 Å². The average molecular weight is 710 g/mol. The number of ether oxygens (including phenoxy) is 3. The van der Waals surface area contributed by atoms with Gasteiger partial charge in [-0.3, -0.25) is 19.3 Å². The number of methoxy groups -OCH3 is 2. The first kappa shape index (κ1) is 35.1. The molecule has 0 aromatic heterocycles. The summed E-state index contributed by atoms with van der Waals surface area (Å²) in [7, 11) is 2.83. The summed E-state index contributed by atoms with van der Waals surface area (Å²) in [5, 5.41) is 11.1. The standard InChI is InChI=1S/C32H31ClF3N3O8S/c1-17(40)18-6-10-26(46-5)23(12-18)31(38-16-20(41)14-25(38)29(42)37(2)3)22-13-19(33)7-9-24(22)39(30(31)43)48(44)28-11-8-21(45-4)15-27(28)47-32(34,35)36/h6-13,15,20,25,41H,14,16H2,1-5H3/t20-,25+,31?,48?/m1/s1. The van der Waals surface area contributed by atoms with Gasteiger partial charge < -0.3 is 24.2 Å². The van der Waals surface area contributed by atoms with Gasteiger partial charge in [0.25, 0.3) is 5.91 Å². The maximum absolute atomic E-state index is 15.3. The highest BCUT2D eigenvalue weighted by Crippen LogP contribution is 2.55. The van der Waals surface area contributed by atoms with Gasteiger partial charge in [0.15, 0.2) is 28.1 Å². The Bertz CT molecular complexity index is 1820. The molecule has 256 valence electrons. The number of anilines is 1. The molecule has 2 amide bonds. The van der Waals surface area contributed by atoms with E-state index in [1.807, 2.05) is 0 Å². The lowest BCUT2D eigenvalue weighted by Crippen LogP contribution is -2.59. The van der Waals surface area contributed by atoms with E-state index in [-0.39, 0.29) is 57.6 Å². The summed E-state index contributed by atoms with van der Waals surface area (Å²) in [5.41, 5.74) is -1.86. The predicted octanol–water partition coefficient (Wildman–Crippen LogP) is 4.29. The third-order valence-corrected chi connectivity index (χ3v) is 9.87. The summed E-state index contributed by atoms with van der Waals surface area (Å²) in [6, 6.07) is 10.6. The van der Waals surface area contributed by atoms with Gasteiger partial charge in [0.05, 0.1) is 32.1 Å². The molecule has 1 saturated heterocycles. The molecule has 0 bridgehead atoms. The first-order chi connectivity index (χ1) is 22.5. The number of benzene rings is 3. The zero-order valence-electron chi connectivity index (χ0n) is 26.3. The van der Waals surface area contributed by atoms with Crippen LogP contribution >= 0.6 is 11.6 Å². The Morgan fingerprint density at radius 1 is 1.02 bits per heavy atom. The van der Waals surface area contributed by atoms with Crippen molar-refractivity contribution in [3.63, 3.8) is 0 Å². The van der Waals surface area contributed by atoms with Crippen molar-refractivity contribution in [3.8, 4) is 17.2 Å². The monoisotopic (exact) mass is 709 g/mol. The van der Waals surface area contributed by atoms with Crippen LogP contribution in [0.5, 0.6) is 17.2 Å². The Morgan fingerprint density at radius 2 is 1.73 bits per heavy atom. The number of β-amino-alcohol motifs (C(OH)–C–C–N with tert-alkyl or cyclic N) is 1. The Balaban J connectivity index is 1.86. The molecule has 4 atom stereocenters. The zero-order chi connectivity index (χ0) is 35.3. The lowest BCUT2D eigenvalue weighted by molar-refractivity contribution is -0.275. The Labute approximate surface area is 281 Å². The number of amides is 2. The summed E-state index contributed by atoms with van der Waals surface area (Å²) >= 11 is 6.51. The number of alkyl halides is 3. The lowest BCUT2D eigenvalue weighted by Gasteiger charge is -2.42. The number of carbonyl (C=O) groups is 3. The van der Waals surface area contributed by atoms with Gasteiger partial charge in [0.1, 0.15) is 16.4 Å². The fourth-order valence-electron chi connectivity index (χ4n) is 6.19. The molecule has 1 fully saturated rings. The van der Waals surface area contributed by atoms with Crippen LogP contribution in [0.3, 0.4) is 0 Å². The van der Waals surface area contributed by atoms with Crippen LogP contribution in [0.4, 0.5) is 18.9 Å². The average Bonchev–Trinajstić information content (AvgIpc) is 3.53. The number of likely N-dealkylation sites (N-methyl/N-ethyl adjacent to an activating group) is 1. The van der Waals surface area contributed by atoms with E-state index in [4.69, 9.17) is 21.1 Å². The molecule has 0 aliphatic carbocycles. The van der Waals surface area contributed by atoms with Crippen molar-refractivity contribution in [2.45, 2.75) is 42.3 Å². The number of ketones is 1. The molecule has 0 radical (unpaired) electrons. The number of halogens is 4. The van der Waals surface area contributed by atoms with Gasteiger partial charge in [0.2, 0.25) is 5.91 Å². The van der Waals surface area contributed by atoms with Crippen LogP contribution in [0, 0.1) is 0 Å². The number of carbonyl (C=O) groups excluding carboxylic acids is 3. The largest absolute Gasteiger partial charge is 0.573 e. The number of rotatable bonds is 9. The second-order valence-electron chi connectivity index (χ2n) is 11.3. The van der Waals surface area contributed by atoms with E-state index in [2.05, 4.69) is 4.74 Å². The van der Waals surface area contributed by atoms with E-state index >= 15 is 4.79 Å². The van der Waals surface area contributed by atoms with Crippen LogP contribution in [0.15, 0.2) is 59.5 Å². The van der Waals surface area contributed by atoms with Crippen molar-refractivity contribution in [1.29, 1.82) is 0 Å². The van der Waals surface area contributed by atoms with Crippen LogP contribution in [0.25, 0.3) is 0 Å². The fourth-order valence-corrected chi connectivity index (χ4v) is 7.64. The first-order valence-electron chi connectivity index (χ1n) is 14.4. The van der Waals surface area contributed by atoms with E-state index in [0.717, 1.165) is 16.4 Å². The quantitative estimate of drug-likeness (QED) is 0.324. The number of hydrogen-bond donors (Lipinski definition) is 1. The SMILES string of the molecule is COc1ccc(S(=O)N2C(=O)C(c3cc(C(C)=O)ccc3OC)(N3C[C@H](O)C[C@H]3C(=O)N(C)C)c3cc(Cl)ccc32)c(OC(F)(F)F)c1. The minimum Gasteiger partial charge on any atom is -0.497 e. The second-order valence-corrected chi connectivity index (χ2v) is 13.1. The molecule has 3 aromatic carbocycles. The van der Waals surface area contributed by atoms with Gasteiger partial charge in [0, 0.05) is 48.4 Å². The van der Waals surface area contributed by atoms with E-state index in [1.54, 1.807) is 0 Å². The Kier molecular flexibility index (Phi) is 9.54. The summed E-state index contributed by atoms with van der Waals surface area (Å²) < 4.78 is 70.9. The molecule has 2 unspecified atom stereocenters. The Morgan fingerprint density at radius 3 is 2.33 bits per heavy atom. The first-order valence-corrected chi connectivity index (χ1v) is 15.9. The normalized spacial score (nSPS) is 21.5. The number of aliphatic hydroxyl groups is 1. The second kappa shape index (κ2) is 13.0. The van der Waals surface area contributed by atoms with Crippen molar-refractivity contribution >= 4 is 45.9 Å². The third kappa shape index (κ3) is 5.99. The molecular formula is C32H31ClF3N3O8S. The van der Waals surface area contributed by atoms with Crippen LogP contribution in [0.1, 0.15) is 34.8 Å². The number of Topliss-reactive ketones (excluding diaryl/α,β-unsaturated/α-hetero) is 1. The number of aliphatic hydroxyl groups excluding tert-OH is 1. The molecule has 5 rings (SSSR count). The summed E-state index contributed by atoms with van der Waals surface area (Å²) in [4.78, 5) is 43.9. The van der Waals surface area contributed by atoms with Crippen molar-refractivity contribution in [1.82, 2.24) is 9.80 Å². The highest BCUT2D eigenvalue weighted by Gasteiger charge is 2.63. The molecule has 0 saturated carbocycles. The van der Waals surface area contributed by atoms with E-state index in [1.165, 1.54) is 87.5 Å². The number of likely N-dealkylation sites (tertiary alicyclic amines) is 1. The van der Waals surface area contributed by atoms with Crippen molar-refractivity contribution in [2.24, 2.45) is 0 Å². The molecule has 2 aliphatic heterocycles. The van der Waals surface area contributed by atoms with Gasteiger partial charge in [-0.15, -0.1) is 13.2 Å². The minimum absolute atomic E-state index is 0.0239. The van der Waals surface area contributed by atoms with Gasteiger partial charge in [-0.05, 0) is 61.9 Å². The number of hydrogen-bond acceptors (Lipinski definition) is 9. The van der Waals surface area contributed by atoms with Crippen LogP contribution in [-0.4, -0.2) is 90.1 Å². The van der Waals surface area contributed by atoms with Crippen molar-refractivity contribution in [2.75, 3.05) is 39.2 Å². The highest BCUT2D eigenvalue weighted by atomic mass is 35.5. The van der Waals surface area contributed by atoms with Gasteiger partial charge in [-0.2, -0.15) is 0 Å². The summed E-state index contributed by atoms with van der Waals surface area (Å²) in [5.74, 6) is -2.65. The fraction of sp³-hybridized carbons (Fsp3) is 0.344. The zero-order valence-corrected chi connectivity index (χ0v) is 27.9. The van der Waals surface area contributed by atoms with Crippen LogP contribution in [-0.2, 0) is 26.1 Å². The molecular weight excluding hydrogens is 679 g/mol. The summed E-state index contributed by atoms with van der Waals surface area (Å²) in [6.45, 7) is 1.06. The predicted molar refractivity (Wildman–Crippen MR) is 169 cm³/mol. The van der Waals surface area contributed by atoms with E-state index in [0.29, 0.717) is 0 Å². The minimum atomic E-state index is -5.19. The third-order valence-electron chi connectivity index (χ3n) is 8.22. The molecule has 0 spiro atoms. The molecule has 48 heavy (non-hydrogen) atoms. The number of fused-ring (bicyclic) bond motifs is 1. The maximum Gasteiger partial charge on any atom is 0.573 e. The van der Waals surface area contributed by atoms with Crippen molar-refractivity contribution in [3.05, 3.63) is 76.3 Å². The molecule has 16 heteroatoms. The van der Waals surface area contributed by atoms with Crippen LogP contribution in [0.2, 0.25) is 5.02 Å². The smallest absolute Gasteiger partial charge is 0.497 e. The van der Waals surface area contributed by atoms with E-state index < -0.39 is 57.5 Å². The van der Waals surface area contributed by atoms with Crippen molar-refractivity contribution < 1.29 is 51.1 Å². The van der Waals surface area contributed by atoms with E-state index in [9.17, 15) is 32.1 Å². The van der Waals surface area contributed by atoms with Gasteiger partial charge in [-0.1, -0.05) is 11.6 Å². The molecule has 2 heterocycles. The topological polar surface area (TPSA) is 126 Å². The molecule has 3 aromatic rings. The molecule has 1 N–H and O–H groups in total. The molecule has 11 nitrogen and oxygen atoms in total. The number of nitrogens with zero attached hydrogens (tertiary/aromatic N) is 3. The Hall–Kier alpha value is -4.18. The van der Waals surface area contributed by atoms with Gasteiger partial charge in [-0.25, -0.2) is 8.51 Å².